The molecule has 0 fully saturated rings. The highest BCUT2D eigenvalue weighted by atomic mass is 16.3. The van der Waals surface area contributed by atoms with Crippen LogP contribution in [0.4, 0.5) is 5.69 Å². The predicted octanol–water partition coefficient (Wildman–Crippen LogP) is 2.56. The third-order valence-corrected chi connectivity index (χ3v) is 2.92. The first kappa shape index (κ1) is 11.7. The van der Waals surface area contributed by atoms with Gasteiger partial charge >= 0.3 is 0 Å². The van der Waals surface area contributed by atoms with Crippen molar-refractivity contribution in [2.75, 3.05) is 18.0 Å². The van der Waals surface area contributed by atoms with Gasteiger partial charge in [0, 0.05) is 24.8 Å². The molecule has 0 saturated heterocycles. The van der Waals surface area contributed by atoms with Gasteiger partial charge in [-0.3, -0.25) is 0 Å². The number of nitrogens with zero attached hydrogens (tertiary/aromatic N) is 1. The molecule has 0 spiro atoms. The topological polar surface area (TPSA) is 43.7 Å². The van der Waals surface area contributed by atoms with E-state index in [0.717, 1.165) is 29.9 Å². The Hall–Kier alpha value is -1.38. The smallest absolute Gasteiger partial charge is 0.160 e. The van der Waals surface area contributed by atoms with Crippen LogP contribution >= 0.6 is 0 Å². The van der Waals surface area contributed by atoms with Crippen molar-refractivity contribution in [1.82, 2.24) is 0 Å². The summed E-state index contributed by atoms with van der Waals surface area (Å²) in [5.74, 6) is -0.0524. The lowest BCUT2D eigenvalue weighted by atomic mass is 10.1. The first-order valence-electron chi connectivity index (χ1n) is 5.29. The lowest BCUT2D eigenvalue weighted by molar-refractivity contribution is 0.400. The zero-order valence-electron chi connectivity index (χ0n) is 9.83. The Morgan fingerprint density at radius 1 is 1.07 bits per heavy atom. The van der Waals surface area contributed by atoms with Crippen LogP contribution < -0.4 is 4.90 Å². The molecule has 1 aromatic carbocycles. The zero-order chi connectivity index (χ0) is 11.6. The van der Waals surface area contributed by atoms with Crippen LogP contribution in [0, 0.1) is 13.8 Å². The second-order valence-corrected chi connectivity index (χ2v) is 3.69. The van der Waals surface area contributed by atoms with Gasteiger partial charge in [0.05, 0.1) is 0 Å². The summed E-state index contributed by atoms with van der Waals surface area (Å²) in [6.45, 7) is 9.70. The predicted molar refractivity (Wildman–Crippen MR) is 62.8 cm³/mol. The van der Waals surface area contributed by atoms with E-state index in [1.54, 1.807) is 6.07 Å². The highest BCUT2D eigenvalue weighted by Gasteiger charge is 2.13. The van der Waals surface area contributed by atoms with Crippen LogP contribution in [0.15, 0.2) is 6.07 Å². The van der Waals surface area contributed by atoms with Gasteiger partial charge in [-0.2, -0.15) is 0 Å². The van der Waals surface area contributed by atoms with E-state index < -0.39 is 0 Å². The van der Waals surface area contributed by atoms with Crippen LogP contribution in [0.25, 0.3) is 0 Å². The SMILES string of the molecule is CCN(CC)c1cc(O)c(O)c(C)c1C. The van der Waals surface area contributed by atoms with Crippen molar-refractivity contribution in [3.63, 3.8) is 0 Å². The number of benzene rings is 1. The van der Waals surface area contributed by atoms with Crippen molar-refractivity contribution in [3.05, 3.63) is 17.2 Å². The molecule has 2 N–H and O–H groups in total. The van der Waals surface area contributed by atoms with E-state index >= 15 is 0 Å². The molecule has 0 saturated carbocycles. The van der Waals surface area contributed by atoms with Gasteiger partial charge in [-0.25, -0.2) is 0 Å². The van der Waals surface area contributed by atoms with Crippen molar-refractivity contribution in [2.24, 2.45) is 0 Å². The number of phenols is 2. The van der Waals surface area contributed by atoms with Gasteiger partial charge in [0.1, 0.15) is 0 Å². The van der Waals surface area contributed by atoms with Gasteiger partial charge in [-0.15, -0.1) is 0 Å². The van der Waals surface area contributed by atoms with Crippen molar-refractivity contribution < 1.29 is 10.2 Å². The fourth-order valence-corrected chi connectivity index (χ4v) is 1.76. The Balaban J connectivity index is 3.31. The maximum Gasteiger partial charge on any atom is 0.160 e. The van der Waals surface area contributed by atoms with E-state index in [1.807, 2.05) is 13.8 Å². The van der Waals surface area contributed by atoms with Gasteiger partial charge in [0.25, 0.3) is 0 Å². The van der Waals surface area contributed by atoms with Crippen LogP contribution in [0.3, 0.4) is 0 Å². The average Bonchev–Trinajstić information content (AvgIpc) is 2.24. The Morgan fingerprint density at radius 2 is 1.60 bits per heavy atom. The summed E-state index contributed by atoms with van der Waals surface area (Å²) >= 11 is 0. The molecular formula is C12H19NO2. The average molecular weight is 209 g/mol. The van der Waals surface area contributed by atoms with E-state index in [0.29, 0.717) is 0 Å². The standard InChI is InChI=1S/C12H19NO2/c1-5-13(6-2)10-7-11(14)12(15)9(4)8(10)3/h7,14-15H,5-6H2,1-4H3. The molecule has 1 rings (SSSR count). The molecule has 0 amide bonds. The van der Waals surface area contributed by atoms with Crippen molar-refractivity contribution in [3.8, 4) is 11.5 Å². The molecule has 0 radical (unpaired) electrons. The van der Waals surface area contributed by atoms with Crippen LogP contribution in [-0.4, -0.2) is 23.3 Å². The Bertz CT molecular complexity index is 357. The molecule has 0 unspecified atom stereocenters. The van der Waals surface area contributed by atoms with E-state index in [2.05, 4.69) is 18.7 Å². The minimum Gasteiger partial charge on any atom is -0.504 e. The molecule has 0 heterocycles. The number of rotatable bonds is 3. The Labute approximate surface area is 91.0 Å². The second-order valence-electron chi connectivity index (χ2n) is 3.69. The Morgan fingerprint density at radius 3 is 2.07 bits per heavy atom. The summed E-state index contributed by atoms with van der Waals surface area (Å²) in [5, 5.41) is 19.1. The number of phenolic OH excluding ortho intramolecular Hbond substituents is 2. The summed E-state index contributed by atoms with van der Waals surface area (Å²) in [6.07, 6.45) is 0. The van der Waals surface area contributed by atoms with Gasteiger partial charge in [-0.1, -0.05) is 0 Å². The van der Waals surface area contributed by atoms with Crippen LogP contribution in [-0.2, 0) is 0 Å². The molecule has 0 aliphatic rings. The quantitative estimate of drug-likeness (QED) is 0.752. The molecule has 0 aliphatic heterocycles. The molecule has 0 atom stereocenters. The van der Waals surface area contributed by atoms with Crippen molar-refractivity contribution in [2.45, 2.75) is 27.7 Å². The molecule has 0 bridgehead atoms. The minimum atomic E-state index is -0.0417. The largest absolute Gasteiger partial charge is 0.504 e. The molecule has 3 heteroatoms. The van der Waals surface area contributed by atoms with Crippen LogP contribution in [0.1, 0.15) is 25.0 Å². The molecular weight excluding hydrogens is 190 g/mol. The summed E-state index contributed by atoms with van der Waals surface area (Å²) < 4.78 is 0. The molecule has 84 valence electrons. The van der Waals surface area contributed by atoms with Crippen molar-refractivity contribution in [1.29, 1.82) is 0 Å². The summed E-state index contributed by atoms with van der Waals surface area (Å²) in [5.41, 5.74) is 2.76. The normalized spacial score (nSPS) is 10.4. The first-order valence-corrected chi connectivity index (χ1v) is 5.29. The maximum atomic E-state index is 9.57. The summed E-state index contributed by atoms with van der Waals surface area (Å²) in [7, 11) is 0. The Kier molecular flexibility index (Phi) is 3.45. The van der Waals surface area contributed by atoms with Gasteiger partial charge in [0.2, 0.25) is 0 Å². The van der Waals surface area contributed by atoms with Gasteiger partial charge in [-0.05, 0) is 38.8 Å². The molecule has 1 aromatic rings. The molecule has 15 heavy (non-hydrogen) atoms. The monoisotopic (exact) mass is 209 g/mol. The molecule has 3 nitrogen and oxygen atoms in total. The van der Waals surface area contributed by atoms with Crippen LogP contribution in [0.5, 0.6) is 11.5 Å². The summed E-state index contributed by atoms with van der Waals surface area (Å²) in [4.78, 5) is 2.15. The highest BCUT2D eigenvalue weighted by molar-refractivity contribution is 5.64. The fourth-order valence-electron chi connectivity index (χ4n) is 1.76. The molecule has 0 aromatic heterocycles. The van der Waals surface area contributed by atoms with Crippen LogP contribution in [0.2, 0.25) is 0 Å². The number of anilines is 1. The number of hydrogen-bond donors (Lipinski definition) is 2. The van der Waals surface area contributed by atoms with E-state index in [9.17, 15) is 10.2 Å². The lowest BCUT2D eigenvalue weighted by Gasteiger charge is -2.24. The zero-order valence-corrected chi connectivity index (χ0v) is 9.83. The highest BCUT2D eigenvalue weighted by Crippen LogP contribution is 2.37. The second kappa shape index (κ2) is 4.43. The maximum absolute atomic E-state index is 9.57. The van der Waals surface area contributed by atoms with Crippen molar-refractivity contribution >= 4 is 5.69 Å². The van der Waals surface area contributed by atoms with E-state index in [1.165, 1.54) is 0 Å². The van der Waals surface area contributed by atoms with E-state index in [4.69, 9.17) is 0 Å². The van der Waals surface area contributed by atoms with Gasteiger partial charge in [0.15, 0.2) is 11.5 Å². The first-order chi connectivity index (χ1) is 7.02. The summed E-state index contributed by atoms with van der Waals surface area (Å²) in [6, 6.07) is 1.63. The number of hydrogen-bond acceptors (Lipinski definition) is 3. The third-order valence-electron chi connectivity index (χ3n) is 2.92. The minimum absolute atomic E-state index is 0.0107. The molecule has 0 aliphatic carbocycles. The van der Waals surface area contributed by atoms with Gasteiger partial charge < -0.3 is 15.1 Å². The third kappa shape index (κ3) is 2.01. The fraction of sp³-hybridized carbons (Fsp3) is 0.500. The lowest BCUT2D eigenvalue weighted by Crippen LogP contribution is -2.22. The number of aromatic hydroxyl groups is 2. The van der Waals surface area contributed by atoms with E-state index in [-0.39, 0.29) is 11.5 Å².